The van der Waals surface area contributed by atoms with Crippen LogP contribution in [0.1, 0.15) is 31.9 Å². The van der Waals surface area contributed by atoms with E-state index in [1.165, 1.54) is 25.1 Å². The van der Waals surface area contributed by atoms with Crippen LogP contribution >= 0.6 is 15.9 Å². The van der Waals surface area contributed by atoms with Gasteiger partial charge in [0.1, 0.15) is 11.9 Å². The van der Waals surface area contributed by atoms with E-state index in [9.17, 15) is 17.9 Å². The van der Waals surface area contributed by atoms with E-state index in [1.807, 2.05) is 0 Å². The monoisotopic (exact) mass is 338 g/mol. The molecule has 0 spiro atoms. The molecule has 2 atom stereocenters. The first-order valence-corrected chi connectivity index (χ1v) is 8.08. The van der Waals surface area contributed by atoms with Crippen molar-refractivity contribution in [1.29, 1.82) is 0 Å². The quantitative estimate of drug-likeness (QED) is 0.840. The van der Waals surface area contributed by atoms with Crippen LogP contribution in [0.5, 0.6) is 0 Å². The Morgan fingerprint density at radius 2 is 1.94 bits per heavy atom. The van der Waals surface area contributed by atoms with Gasteiger partial charge in [-0.15, -0.1) is 0 Å². The number of halogens is 2. The second-order valence-corrected chi connectivity index (χ2v) is 8.44. The third-order valence-electron chi connectivity index (χ3n) is 2.99. The molecular formula is C12H16BrFO3S. The maximum Gasteiger partial charge on any atom is 0.168 e. The smallest absolute Gasteiger partial charge is 0.168 e. The zero-order valence-corrected chi connectivity index (χ0v) is 12.6. The second kappa shape index (κ2) is 5.67. The topological polar surface area (TPSA) is 54.4 Å². The van der Waals surface area contributed by atoms with Gasteiger partial charge in [0, 0.05) is 11.3 Å². The maximum atomic E-state index is 13.6. The molecule has 0 heterocycles. The molecule has 6 heteroatoms. The lowest BCUT2D eigenvalue weighted by molar-refractivity contribution is 0.155. The Morgan fingerprint density at radius 1 is 1.39 bits per heavy atom. The highest BCUT2D eigenvalue weighted by Crippen LogP contribution is 2.42. The molecule has 102 valence electrons. The largest absolute Gasteiger partial charge is 0.386 e. The van der Waals surface area contributed by atoms with Gasteiger partial charge in [0.2, 0.25) is 0 Å². The molecule has 0 aliphatic rings. The summed E-state index contributed by atoms with van der Waals surface area (Å²) in [4.78, 5) is 0. The van der Waals surface area contributed by atoms with Crippen molar-refractivity contribution < 1.29 is 17.9 Å². The molecule has 3 nitrogen and oxygen atoms in total. The molecule has 1 rings (SSSR count). The molecule has 0 aliphatic heterocycles. The molecule has 0 fully saturated rings. The predicted octanol–water partition coefficient (Wildman–Crippen LogP) is 2.80. The van der Waals surface area contributed by atoms with Crippen molar-refractivity contribution >= 4 is 25.8 Å². The van der Waals surface area contributed by atoms with Gasteiger partial charge in [-0.2, -0.15) is 0 Å². The Balaban J connectivity index is 3.31. The van der Waals surface area contributed by atoms with Crippen LogP contribution in [0.25, 0.3) is 0 Å². The van der Waals surface area contributed by atoms with Gasteiger partial charge < -0.3 is 5.11 Å². The number of rotatable bonds is 5. The first-order valence-electron chi connectivity index (χ1n) is 5.63. The lowest BCUT2D eigenvalue weighted by Gasteiger charge is -2.31. The highest BCUT2D eigenvalue weighted by molar-refractivity contribution is 9.11. The van der Waals surface area contributed by atoms with Crippen LogP contribution in [0, 0.1) is 5.82 Å². The first-order chi connectivity index (χ1) is 8.30. The molecule has 1 aromatic carbocycles. The van der Waals surface area contributed by atoms with Crippen molar-refractivity contribution in [2.75, 3.05) is 5.75 Å². The predicted molar refractivity (Wildman–Crippen MR) is 72.8 cm³/mol. The summed E-state index contributed by atoms with van der Waals surface area (Å²) in [6, 6.07) is 5.63. The Kier molecular flexibility index (Phi) is 4.91. The molecule has 0 unspecified atom stereocenters. The third kappa shape index (κ3) is 2.60. The molecular weight excluding hydrogens is 323 g/mol. The lowest BCUT2D eigenvalue weighted by atomic mass is 10.0. The number of aliphatic hydroxyl groups is 1. The van der Waals surface area contributed by atoms with Gasteiger partial charge in [-0.25, -0.2) is 12.8 Å². The SMILES string of the molecule is CC[C@@](Br)([C@@H](O)c1ccccc1F)S(=O)(=O)CC. The van der Waals surface area contributed by atoms with E-state index in [0.29, 0.717) is 0 Å². The van der Waals surface area contributed by atoms with Gasteiger partial charge in [0.05, 0.1) is 0 Å². The maximum absolute atomic E-state index is 13.6. The summed E-state index contributed by atoms with van der Waals surface area (Å²) in [5, 5.41) is 10.2. The van der Waals surface area contributed by atoms with E-state index in [2.05, 4.69) is 15.9 Å². The average Bonchev–Trinajstić information content (AvgIpc) is 2.37. The van der Waals surface area contributed by atoms with Gasteiger partial charge in [-0.3, -0.25) is 0 Å². The molecule has 0 aromatic heterocycles. The molecule has 18 heavy (non-hydrogen) atoms. The summed E-state index contributed by atoms with van der Waals surface area (Å²) < 4.78 is 36.2. The van der Waals surface area contributed by atoms with Gasteiger partial charge >= 0.3 is 0 Å². The molecule has 1 N–H and O–H groups in total. The number of alkyl halides is 1. The normalized spacial score (nSPS) is 17.2. The van der Waals surface area contributed by atoms with E-state index < -0.39 is 25.4 Å². The molecule has 0 bridgehead atoms. The first kappa shape index (κ1) is 15.6. The van der Waals surface area contributed by atoms with Crippen molar-refractivity contribution in [3.63, 3.8) is 0 Å². The van der Waals surface area contributed by atoms with E-state index in [4.69, 9.17) is 0 Å². The van der Waals surface area contributed by atoms with E-state index in [1.54, 1.807) is 13.0 Å². The van der Waals surface area contributed by atoms with Gasteiger partial charge in [-0.1, -0.05) is 48.0 Å². The zero-order chi connectivity index (χ0) is 14.0. The fourth-order valence-corrected chi connectivity index (χ4v) is 4.07. The van der Waals surface area contributed by atoms with Crippen LogP contribution in [-0.4, -0.2) is 22.9 Å². The number of hydrogen-bond acceptors (Lipinski definition) is 3. The molecule has 0 aliphatic carbocycles. The van der Waals surface area contributed by atoms with Crippen LogP contribution < -0.4 is 0 Å². The Hall–Kier alpha value is -0.460. The minimum absolute atomic E-state index is 0.0201. The average molecular weight is 339 g/mol. The van der Waals surface area contributed by atoms with Crippen molar-refractivity contribution in [3.8, 4) is 0 Å². The molecule has 1 aromatic rings. The van der Waals surface area contributed by atoms with Crippen LogP contribution in [0.15, 0.2) is 24.3 Å². The number of hydrogen-bond donors (Lipinski definition) is 1. The van der Waals surface area contributed by atoms with E-state index in [-0.39, 0.29) is 17.7 Å². The van der Waals surface area contributed by atoms with Crippen molar-refractivity contribution in [1.82, 2.24) is 0 Å². The zero-order valence-electron chi connectivity index (χ0n) is 10.2. The highest BCUT2D eigenvalue weighted by atomic mass is 79.9. The summed E-state index contributed by atoms with van der Waals surface area (Å²) in [6.45, 7) is 3.13. The summed E-state index contributed by atoms with van der Waals surface area (Å²) in [6.07, 6.45) is -1.31. The Bertz CT molecular complexity index is 518. The lowest BCUT2D eigenvalue weighted by Crippen LogP contribution is -2.39. The number of sulfone groups is 1. The fraction of sp³-hybridized carbons (Fsp3) is 0.500. The molecule has 0 amide bonds. The number of aliphatic hydroxyl groups excluding tert-OH is 1. The standard InChI is InChI=1S/C12H16BrFO3S/c1-3-12(13,18(16,17)4-2)11(15)9-7-5-6-8-10(9)14/h5-8,11,15H,3-4H2,1-2H3/t11-,12-/m0/s1. The number of benzene rings is 1. The van der Waals surface area contributed by atoms with Crippen molar-refractivity contribution in [2.24, 2.45) is 0 Å². The third-order valence-corrected chi connectivity index (χ3v) is 7.77. The summed E-state index contributed by atoms with van der Waals surface area (Å²) in [7, 11) is -3.57. The second-order valence-electron chi connectivity index (χ2n) is 3.97. The molecule has 0 saturated heterocycles. The van der Waals surface area contributed by atoms with Crippen LogP contribution in [0.3, 0.4) is 0 Å². The van der Waals surface area contributed by atoms with Gasteiger partial charge in [0.25, 0.3) is 0 Å². The summed E-state index contributed by atoms with van der Waals surface area (Å²) >= 11 is 3.10. The summed E-state index contributed by atoms with van der Waals surface area (Å²) in [5.41, 5.74) is -0.0201. The van der Waals surface area contributed by atoms with E-state index >= 15 is 0 Å². The van der Waals surface area contributed by atoms with Crippen molar-refractivity contribution in [3.05, 3.63) is 35.6 Å². The van der Waals surface area contributed by atoms with Crippen molar-refractivity contribution in [2.45, 2.75) is 30.0 Å². The van der Waals surface area contributed by atoms with Gasteiger partial charge in [0.15, 0.2) is 13.5 Å². The molecule has 0 saturated carbocycles. The fourth-order valence-electron chi connectivity index (χ4n) is 1.75. The minimum Gasteiger partial charge on any atom is -0.386 e. The minimum atomic E-state index is -3.57. The van der Waals surface area contributed by atoms with Crippen LogP contribution in [0.4, 0.5) is 4.39 Å². The van der Waals surface area contributed by atoms with Crippen LogP contribution in [-0.2, 0) is 9.84 Å². The highest BCUT2D eigenvalue weighted by Gasteiger charge is 2.46. The van der Waals surface area contributed by atoms with Gasteiger partial charge in [-0.05, 0) is 12.5 Å². The Morgan fingerprint density at radius 3 is 2.39 bits per heavy atom. The van der Waals surface area contributed by atoms with Crippen LogP contribution in [0.2, 0.25) is 0 Å². The summed E-state index contributed by atoms with van der Waals surface area (Å²) in [5.74, 6) is -0.744. The molecule has 0 radical (unpaired) electrons. The van der Waals surface area contributed by atoms with E-state index in [0.717, 1.165) is 0 Å². The Labute approximate surface area is 115 Å².